The molecule has 0 saturated heterocycles. The second-order valence-electron chi connectivity index (χ2n) is 6.52. The number of aromatic nitrogens is 3. The third-order valence-corrected chi connectivity index (χ3v) is 4.01. The van der Waals surface area contributed by atoms with E-state index in [0.29, 0.717) is 26.1 Å². The van der Waals surface area contributed by atoms with Gasteiger partial charge in [-0.15, -0.1) is 5.10 Å². The number of amides is 2. The Kier molecular flexibility index (Phi) is 17.6. The molecule has 0 aromatic carbocycles. The third-order valence-electron chi connectivity index (χ3n) is 4.01. The molecule has 166 valence electrons. The van der Waals surface area contributed by atoms with E-state index in [9.17, 15) is 9.59 Å². The zero-order chi connectivity index (χ0) is 21.7. The molecule has 0 aliphatic heterocycles. The van der Waals surface area contributed by atoms with Crippen molar-refractivity contribution in [2.75, 3.05) is 20.1 Å². The molecule has 29 heavy (non-hydrogen) atoms. The molecule has 8 nitrogen and oxygen atoms in total. The summed E-state index contributed by atoms with van der Waals surface area (Å²) in [6, 6.07) is 0. The fourth-order valence-electron chi connectivity index (χ4n) is 2.48. The van der Waals surface area contributed by atoms with Crippen LogP contribution in [0, 0.1) is 0 Å². The van der Waals surface area contributed by atoms with Crippen LogP contribution < -0.4 is 16.0 Å². The Morgan fingerprint density at radius 2 is 1.90 bits per heavy atom. The number of aryl methyl sites for hydroxylation is 1. The number of rotatable bonds is 15. The largest absolute Gasteiger partial charge is 0.356 e. The van der Waals surface area contributed by atoms with Crippen LogP contribution in [0.15, 0.2) is 18.3 Å². The van der Waals surface area contributed by atoms with Crippen molar-refractivity contribution in [3.8, 4) is 0 Å². The highest BCUT2D eigenvalue weighted by Gasteiger charge is 2.03. The first kappa shape index (κ1) is 26.8. The first-order valence-electron chi connectivity index (χ1n) is 10.9. The molecule has 0 fully saturated rings. The zero-order valence-electron chi connectivity index (χ0n) is 18.7. The Bertz CT molecular complexity index is 571. The summed E-state index contributed by atoms with van der Waals surface area (Å²) >= 11 is 0. The van der Waals surface area contributed by atoms with Gasteiger partial charge in [-0.2, -0.15) is 0 Å². The minimum absolute atomic E-state index is 0.147. The van der Waals surface area contributed by atoms with Gasteiger partial charge in [-0.1, -0.05) is 51.3 Å². The predicted octanol–water partition coefficient (Wildman–Crippen LogP) is 2.56. The summed E-state index contributed by atoms with van der Waals surface area (Å²) in [5.41, 5.74) is 0.728. The number of nitrogens with zero attached hydrogens (tertiary/aromatic N) is 3. The zero-order valence-corrected chi connectivity index (χ0v) is 18.7. The van der Waals surface area contributed by atoms with Gasteiger partial charge in [0.25, 0.3) is 0 Å². The van der Waals surface area contributed by atoms with E-state index in [1.54, 1.807) is 10.8 Å². The van der Waals surface area contributed by atoms with E-state index in [-0.39, 0.29) is 11.8 Å². The van der Waals surface area contributed by atoms with Crippen molar-refractivity contribution in [3.05, 3.63) is 24.0 Å². The Labute approximate surface area is 175 Å². The number of carbonyl (C=O) groups excluding carboxylic acids is 2. The van der Waals surface area contributed by atoms with Crippen LogP contribution in [0.5, 0.6) is 0 Å². The first-order valence-corrected chi connectivity index (χ1v) is 10.9. The number of carbonyl (C=O) groups is 2. The smallest absolute Gasteiger partial charge is 0.244 e. The van der Waals surface area contributed by atoms with Crippen LogP contribution in [0.1, 0.15) is 71.4 Å². The summed E-state index contributed by atoms with van der Waals surface area (Å²) in [4.78, 5) is 23.3. The van der Waals surface area contributed by atoms with Crippen molar-refractivity contribution in [2.24, 2.45) is 0 Å². The molecule has 0 aliphatic carbocycles. The van der Waals surface area contributed by atoms with Crippen LogP contribution in [0.2, 0.25) is 0 Å². The Morgan fingerprint density at radius 1 is 1.10 bits per heavy atom. The molecule has 0 saturated carbocycles. The van der Waals surface area contributed by atoms with Crippen LogP contribution >= 0.6 is 0 Å². The average molecular weight is 409 g/mol. The minimum Gasteiger partial charge on any atom is -0.356 e. The van der Waals surface area contributed by atoms with Gasteiger partial charge in [0.15, 0.2) is 0 Å². The molecule has 2 amide bonds. The summed E-state index contributed by atoms with van der Waals surface area (Å²) in [5, 5.41) is 16.8. The van der Waals surface area contributed by atoms with Crippen LogP contribution in [-0.4, -0.2) is 46.9 Å². The molecule has 3 N–H and O–H groups in total. The van der Waals surface area contributed by atoms with Crippen LogP contribution in [0.3, 0.4) is 0 Å². The quantitative estimate of drug-likeness (QED) is 0.306. The normalized spacial score (nSPS) is 10.5. The van der Waals surface area contributed by atoms with Crippen LogP contribution in [0.25, 0.3) is 0 Å². The Balaban J connectivity index is 0.00000379. The lowest BCUT2D eigenvalue weighted by molar-refractivity contribution is -0.121. The molecule has 1 heterocycles. The molecule has 0 spiro atoms. The van der Waals surface area contributed by atoms with Crippen LogP contribution in [-0.2, 0) is 22.7 Å². The minimum atomic E-state index is -0.148. The number of unbranched alkanes of at least 4 members (excludes halogenated alkanes) is 4. The van der Waals surface area contributed by atoms with E-state index in [2.05, 4.69) is 33.2 Å². The van der Waals surface area contributed by atoms with Gasteiger partial charge in [0.1, 0.15) is 5.69 Å². The fraction of sp³-hybridized carbons (Fsp3) is 0.714. The molecule has 1 rings (SSSR count). The maximum Gasteiger partial charge on any atom is 0.244 e. The summed E-state index contributed by atoms with van der Waals surface area (Å²) in [5.74, 6) is -0.00103. The molecule has 1 aromatic rings. The van der Waals surface area contributed by atoms with E-state index in [1.165, 1.54) is 18.9 Å². The molecular formula is C21H40N6O2. The van der Waals surface area contributed by atoms with Crippen molar-refractivity contribution in [1.82, 2.24) is 30.9 Å². The van der Waals surface area contributed by atoms with Crippen molar-refractivity contribution in [2.45, 2.75) is 78.8 Å². The monoisotopic (exact) mass is 408 g/mol. The van der Waals surface area contributed by atoms with E-state index in [1.807, 2.05) is 27.1 Å². The molecule has 0 atom stereocenters. The maximum absolute atomic E-state index is 11.7. The highest BCUT2D eigenvalue weighted by atomic mass is 16.2. The van der Waals surface area contributed by atoms with Crippen molar-refractivity contribution >= 4 is 11.8 Å². The van der Waals surface area contributed by atoms with Gasteiger partial charge >= 0.3 is 0 Å². The van der Waals surface area contributed by atoms with Gasteiger partial charge in [0.05, 0.1) is 12.7 Å². The lowest BCUT2D eigenvalue weighted by atomic mass is 10.1. The highest BCUT2D eigenvalue weighted by Crippen LogP contribution is 2.02. The molecule has 8 heteroatoms. The summed E-state index contributed by atoms with van der Waals surface area (Å²) in [6.45, 7) is 8.62. The number of likely N-dealkylation sites (N-methyl/N-ethyl adjacent to an activating group) is 1. The van der Waals surface area contributed by atoms with Gasteiger partial charge < -0.3 is 16.0 Å². The summed E-state index contributed by atoms with van der Waals surface area (Å²) < 4.78 is 1.77. The van der Waals surface area contributed by atoms with E-state index in [4.69, 9.17) is 0 Å². The van der Waals surface area contributed by atoms with Gasteiger partial charge in [0, 0.05) is 32.1 Å². The number of nitrogens with one attached hydrogen (secondary N) is 3. The number of hydrogen-bond donors (Lipinski definition) is 3. The van der Waals surface area contributed by atoms with E-state index >= 15 is 0 Å². The fourth-order valence-corrected chi connectivity index (χ4v) is 2.48. The SMILES string of the molecule is CC.CCCCCCC(=O)NCCCCn1cc(CNC(=O)/C=C/CNC)nn1. The average Bonchev–Trinajstić information content (AvgIpc) is 3.19. The standard InChI is InChI=1S/C19H34N6O2.C2H6/c1-3-4-5-6-10-18(26)21-13-7-8-14-25-16-17(23-24-25)15-22-19(27)11-9-12-20-2;1-2/h9,11,16,20H,3-8,10,12-15H2,1-2H3,(H,21,26)(H,22,27);1-2H3/b11-9+;. The maximum atomic E-state index is 11.7. The topological polar surface area (TPSA) is 101 Å². The van der Waals surface area contributed by atoms with Crippen molar-refractivity contribution < 1.29 is 9.59 Å². The third kappa shape index (κ3) is 15.4. The lowest BCUT2D eigenvalue weighted by Crippen LogP contribution is -2.24. The highest BCUT2D eigenvalue weighted by molar-refractivity contribution is 5.87. The molecule has 0 aliphatic rings. The van der Waals surface area contributed by atoms with Gasteiger partial charge in [-0.05, 0) is 26.3 Å². The van der Waals surface area contributed by atoms with Gasteiger partial charge in [-0.3, -0.25) is 14.3 Å². The van der Waals surface area contributed by atoms with Crippen molar-refractivity contribution in [3.63, 3.8) is 0 Å². The van der Waals surface area contributed by atoms with E-state index < -0.39 is 0 Å². The molecule has 0 unspecified atom stereocenters. The van der Waals surface area contributed by atoms with Gasteiger partial charge in [-0.25, -0.2) is 0 Å². The van der Waals surface area contributed by atoms with E-state index in [0.717, 1.165) is 37.9 Å². The van der Waals surface area contributed by atoms with Crippen molar-refractivity contribution in [1.29, 1.82) is 0 Å². The Morgan fingerprint density at radius 3 is 2.62 bits per heavy atom. The second kappa shape index (κ2) is 19.1. The molecule has 1 aromatic heterocycles. The lowest BCUT2D eigenvalue weighted by Gasteiger charge is -2.05. The Hall–Kier alpha value is -2.22. The predicted molar refractivity (Wildman–Crippen MR) is 117 cm³/mol. The molecule has 0 bridgehead atoms. The second-order valence-corrected chi connectivity index (χ2v) is 6.52. The summed E-state index contributed by atoms with van der Waals surface area (Å²) in [6.07, 6.45) is 12.0. The first-order chi connectivity index (χ1) is 14.2. The number of hydrogen-bond acceptors (Lipinski definition) is 5. The molecule has 0 radical (unpaired) electrons. The van der Waals surface area contributed by atoms with Gasteiger partial charge in [0.2, 0.25) is 11.8 Å². The molecular weight excluding hydrogens is 368 g/mol. The summed E-state index contributed by atoms with van der Waals surface area (Å²) in [7, 11) is 1.82. The van der Waals surface area contributed by atoms with Crippen LogP contribution in [0.4, 0.5) is 0 Å².